The second-order valence-corrected chi connectivity index (χ2v) is 6.70. The van der Waals surface area contributed by atoms with Crippen LogP contribution in [0.15, 0.2) is 0 Å². The molecule has 0 saturated carbocycles. The van der Waals surface area contributed by atoms with Crippen LogP contribution in [-0.2, 0) is 33.3 Å². The Kier molecular flexibility index (Phi) is 20.3. The maximum atomic E-state index is 12.0. The van der Waals surface area contributed by atoms with Crippen molar-refractivity contribution in [2.24, 2.45) is 0 Å². The molecule has 2 N–H and O–H groups in total. The third kappa shape index (κ3) is 18.7. The van der Waals surface area contributed by atoms with Crippen molar-refractivity contribution in [3.05, 3.63) is 0 Å². The summed E-state index contributed by atoms with van der Waals surface area (Å²) in [7, 11) is 1.59. The maximum absolute atomic E-state index is 12.0. The van der Waals surface area contributed by atoms with Gasteiger partial charge in [-0.25, -0.2) is 0 Å². The van der Waals surface area contributed by atoms with E-state index in [1.807, 2.05) is 13.8 Å². The van der Waals surface area contributed by atoms with Gasteiger partial charge in [0.25, 0.3) is 0 Å². The molecule has 0 aromatic rings. The molecule has 0 bridgehead atoms. The lowest BCUT2D eigenvalue weighted by atomic mass is 10.2. The van der Waals surface area contributed by atoms with Gasteiger partial charge in [-0.2, -0.15) is 0 Å². The Morgan fingerprint density at radius 3 is 1.77 bits per heavy atom. The summed E-state index contributed by atoms with van der Waals surface area (Å²) in [6, 6.07) is 0. The normalized spacial score (nSPS) is 10.7. The smallest absolute Gasteiger partial charge is 0.223 e. The summed E-state index contributed by atoms with van der Waals surface area (Å²) in [5, 5.41) is 5.27. The molecule has 0 aromatic carbocycles. The zero-order valence-electron chi connectivity index (χ0n) is 19.4. The number of rotatable bonds is 21. The summed E-state index contributed by atoms with van der Waals surface area (Å²) in [6.07, 6.45) is 1.69. The molecule has 0 spiro atoms. The highest BCUT2D eigenvalue weighted by Crippen LogP contribution is 1.99. The Hall–Kier alpha value is -1.75. The predicted octanol–water partition coefficient (Wildman–Crippen LogP) is 0.344. The van der Waals surface area contributed by atoms with Crippen LogP contribution in [0.1, 0.15) is 39.5 Å². The van der Waals surface area contributed by atoms with Gasteiger partial charge in [-0.1, -0.05) is 6.92 Å². The van der Waals surface area contributed by atoms with E-state index in [-0.39, 0.29) is 30.6 Å². The van der Waals surface area contributed by atoms with Crippen molar-refractivity contribution in [1.29, 1.82) is 0 Å². The highest BCUT2D eigenvalue weighted by Gasteiger charge is 2.12. The molecule has 0 rings (SSSR count). The van der Waals surface area contributed by atoms with Crippen LogP contribution in [0.3, 0.4) is 0 Å². The number of carbonyl (C=O) groups excluding carboxylic acids is 3. The van der Waals surface area contributed by atoms with E-state index in [0.29, 0.717) is 72.4 Å². The van der Waals surface area contributed by atoms with Gasteiger partial charge in [0.2, 0.25) is 17.7 Å². The van der Waals surface area contributed by atoms with E-state index < -0.39 is 0 Å². The molecular weight excluding hydrogens is 406 g/mol. The second-order valence-electron chi connectivity index (χ2n) is 6.70. The zero-order valence-corrected chi connectivity index (χ0v) is 19.4. The minimum Gasteiger partial charge on any atom is -0.379 e. The molecule has 0 radical (unpaired) electrons. The van der Waals surface area contributed by atoms with Crippen LogP contribution >= 0.6 is 0 Å². The maximum Gasteiger partial charge on any atom is 0.223 e. The highest BCUT2D eigenvalue weighted by molar-refractivity contribution is 5.83. The molecule has 0 unspecified atom stereocenters. The van der Waals surface area contributed by atoms with Gasteiger partial charge >= 0.3 is 0 Å². The average Bonchev–Trinajstić information content (AvgIpc) is 2.78. The van der Waals surface area contributed by atoms with Gasteiger partial charge < -0.3 is 34.5 Å². The van der Waals surface area contributed by atoms with Gasteiger partial charge in [0.05, 0.1) is 52.9 Å². The highest BCUT2D eigenvalue weighted by atomic mass is 16.6. The van der Waals surface area contributed by atoms with Crippen LogP contribution in [0.2, 0.25) is 0 Å². The van der Waals surface area contributed by atoms with Crippen LogP contribution < -0.4 is 10.6 Å². The lowest BCUT2D eigenvalue weighted by molar-refractivity contribution is -0.133. The quantitative estimate of drug-likeness (QED) is 0.244. The fourth-order valence-electron chi connectivity index (χ4n) is 2.51. The Morgan fingerprint density at radius 1 is 0.710 bits per heavy atom. The fraction of sp³-hybridized carbons (Fsp3) is 0.857. The first kappa shape index (κ1) is 29.2. The first-order valence-corrected chi connectivity index (χ1v) is 11.1. The van der Waals surface area contributed by atoms with Gasteiger partial charge in [-0.15, -0.1) is 0 Å². The summed E-state index contributed by atoms with van der Waals surface area (Å²) in [6.45, 7) is 9.23. The molecule has 31 heavy (non-hydrogen) atoms. The number of nitrogens with one attached hydrogen (secondary N) is 2. The summed E-state index contributed by atoms with van der Waals surface area (Å²) in [5.74, 6) is -0.169. The standard InChI is InChI=1S/C21H41N3O7/c1-4-10-24(5-2)21(27)7-6-20(26)23-9-12-29-14-16-31-18-17-30-15-13-28-11-8-19(25)22-3/h4-18H2,1-3H3,(H,22,25)(H,23,26). The average molecular weight is 448 g/mol. The number of hydrogen-bond acceptors (Lipinski definition) is 7. The molecule has 10 heteroatoms. The van der Waals surface area contributed by atoms with E-state index in [0.717, 1.165) is 13.0 Å². The molecule has 0 aliphatic heterocycles. The van der Waals surface area contributed by atoms with Gasteiger partial charge in [0.15, 0.2) is 0 Å². The van der Waals surface area contributed by atoms with Crippen molar-refractivity contribution < 1.29 is 33.3 Å². The van der Waals surface area contributed by atoms with E-state index in [1.165, 1.54) is 0 Å². The minimum atomic E-state index is -0.143. The number of carbonyl (C=O) groups is 3. The number of nitrogens with zero attached hydrogens (tertiary/aromatic N) is 1. The number of hydrogen-bond donors (Lipinski definition) is 2. The lowest BCUT2D eigenvalue weighted by Crippen LogP contribution is -2.33. The van der Waals surface area contributed by atoms with Gasteiger partial charge in [-0.3, -0.25) is 14.4 Å². The van der Waals surface area contributed by atoms with Gasteiger partial charge in [0, 0.05) is 45.9 Å². The zero-order chi connectivity index (χ0) is 23.2. The van der Waals surface area contributed by atoms with Gasteiger partial charge in [0.1, 0.15) is 0 Å². The van der Waals surface area contributed by atoms with E-state index in [1.54, 1.807) is 11.9 Å². The molecule has 10 nitrogen and oxygen atoms in total. The number of amides is 3. The molecule has 0 fully saturated rings. The van der Waals surface area contributed by atoms with Crippen molar-refractivity contribution >= 4 is 17.7 Å². The first-order chi connectivity index (χ1) is 15.0. The van der Waals surface area contributed by atoms with Crippen molar-refractivity contribution in [3.63, 3.8) is 0 Å². The van der Waals surface area contributed by atoms with Crippen molar-refractivity contribution in [2.75, 3.05) is 79.5 Å². The molecule has 0 aliphatic rings. The molecule has 0 aromatic heterocycles. The topological polar surface area (TPSA) is 115 Å². The molecule has 0 saturated heterocycles. The van der Waals surface area contributed by atoms with Crippen LogP contribution in [0.5, 0.6) is 0 Å². The molecule has 182 valence electrons. The Balaban J connectivity index is 3.36. The third-order valence-electron chi connectivity index (χ3n) is 4.23. The van der Waals surface area contributed by atoms with Crippen LogP contribution in [-0.4, -0.2) is 102 Å². The largest absolute Gasteiger partial charge is 0.379 e. The van der Waals surface area contributed by atoms with Crippen molar-refractivity contribution in [3.8, 4) is 0 Å². The van der Waals surface area contributed by atoms with Crippen LogP contribution in [0.25, 0.3) is 0 Å². The third-order valence-corrected chi connectivity index (χ3v) is 4.23. The Labute approximate surface area is 186 Å². The lowest BCUT2D eigenvalue weighted by Gasteiger charge is -2.19. The monoisotopic (exact) mass is 447 g/mol. The van der Waals surface area contributed by atoms with Crippen molar-refractivity contribution in [1.82, 2.24) is 15.5 Å². The molecule has 3 amide bonds. The molecule has 0 aliphatic carbocycles. The second kappa shape index (κ2) is 21.5. The molecule has 0 atom stereocenters. The van der Waals surface area contributed by atoms with Crippen molar-refractivity contribution in [2.45, 2.75) is 39.5 Å². The molecular formula is C21H41N3O7. The molecule has 0 heterocycles. The fourth-order valence-corrected chi connectivity index (χ4v) is 2.51. The first-order valence-electron chi connectivity index (χ1n) is 11.1. The van der Waals surface area contributed by atoms with E-state index >= 15 is 0 Å². The van der Waals surface area contributed by atoms with E-state index in [2.05, 4.69) is 10.6 Å². The Bertz CT molecular complexity index is 478. The van der Waals surface area contributed by atoms with E-state index in [4.69, 9.17) is 18.9 Å². The summed E-state index contributed by atoms with van der Waals surface area (Å²) >= 11 is 0. The van der Waals surface area contributed by atoms with Crippen LogP contribution in [0.4, 0.5) is 0 Å². The predicted molar refractivity (Wildman–Crippen MR) is 117 cm³/mol. The summed E-state index contributed by atoms with van der Waals surface area (Å²) in [4.78, 5) is 36.5. The van der Waals surface area contributed by atoms with Gasteiger partial charge in [-0.05, 0) is 13.3 Å². The van der Waals surface area contributed by atoms with E-state index in [9.17, 15) is 14.4 Å². The SMILES string of the molecule is CCCN(CC)C(=O)CCC(=O)NCCOCCOCCOCCOCCC(=O)NC. The Morgan fingerprint density at radius 2 is 1.26 bits per heavy atom. The van der Waals surface area contributed by atoms with Crippen LogP contribution in [0, 0.1) is 0 Å². The number of ether oxygens (including phenoxy) is 4. The summed E-state index contributed by atoms with van der Waals surface area (Å²) in [5.41, 5.74) is 0. The minimum absolute atomic E-state index is 0.0189. The summed E-state index contributed by atoms with van der Waals surface area (Å²) < 4.78 is 21.4.